The molecule has 0 fully saturated rings. The summed E-state index contributed by atoms with van der Waals surface area (Å²) in [6.45, 7) is 4.53. The summed E-state index contributed by atoms with van der Waals surface area (Å²) in [7, 11) is 1.58. The molecular weight excluding hydrogens is 222 g/mol. The van der Waals surface area contributed by atoms with Gasteiger partial charge in [0.25, 0.3) is 5.97 Å². The predicted octanol–water partition coefficient (Wildman–Crippen LogP) is 2.35. The maximum absolute atomic E-state index is 11.2. The van der Waals surface area contributed by atoms with Gasteiger partial charge < -0.3 is 9.84 Å². The van der Waals surface area contributed by atoms with E-state index in [-0.39, 0.29) is 0 Å². The molecule has 92 valence electrons. The van der Waals surface area contributed by atoms with E-state index >= 15 is 0 Å². The van der Waals surface area contributed by atoms with Crippen LogP contribution in [0.25, 0.3) is 0 Å². The SMILES string of the molecule is C=CN(C)C(=O)Oc1ccccc1.CC(=O)O. The van der Waals surface area contributed by atoms with Gasteiger partial charge in [0, 0.05) is 20.2 Å². The van der Waals surface area contributed by atoms with Crippen molar-refractivity contribution in [1.29, 1.82) is 0 Å². The monoisotopic (exact) mass is 237 g/mol. The van der Waals surface area contributed by atoms with Crippen molar-refractivity contribution in [2.45, 2.75) is 6.92 Å². The summed E-state index contributed by atoms with van der Waals surface area (Å²) >= 11 is 0. The Hall–Kier alpha value is -2.30. The average Bonchev–Trinajstić information content (AvgIpc) is 2.28. The van der Waals surface area contributed by atoms with E-state index in [4.69, 9.17) is 14.6 Å². The summed E-state index contributed by atoms with van der Waals surface area (Å²) in [6.07, 6.45) is 0.951. The van der Waals surface area contributed by atoms with Crippen molar-refractivity contribution in [3.63, 3.8) is 0 Å². The number of carboxylic acid groups (broad SMARTS) is 1. The van der Waals surface area contributed by atoms with Crippen LogP contribution in [-0.2, 0) is 4.79 Å². The molecule has 0 saturated carbocycles. The normalized spacial score (nSPS) is 8.35. The largest absolute Gasteiger partial charge is 0.481 e. The first-order chi connectivity index (χ1) is 7.97. The third-order valence-electron chi connectivity index (χ3n) is 1.51. The molecule has 0 radical (unpaired) electrons. The predicted molar refractivity (Wildman–Crippen MR) is 63.7 cm³/mol. The lowest BCUT2D eigenvalue weighted by Gasteiger charge is -2.10. The highest BCUT2D eigenvalue weighted by Crippen LogP contribution is 2.09. The van der Waals surface area contributed by atoms with Crippen molar-refractivity contribution in [2.75, 3.05) is 7.05 Å². The highest BCUT2D eigenvalue weighted by Gasteiger charge is 2.06. The number of aliphatic carboxylic acids is 1. The number of carbonyl (C=O) groups excluding carboxylic acids is 1. The van der Waals surface area contributed by atoms with Crippen molar-refractivity contribution >= 4 is 12.1 Å². The summed E-state index contributed by atoms with van der Waals surface area (Å²) in [5, 5.41) is 7.42. The molecule has 0 unspecified atom stereocenters. The van der Waals surface area contributed by atoms with Gasteiger partial charge in [0.15, 0.2) is 0 Å². The number of rotatable bonds is 2. The molecule has 0 spiro atoms. The lowest BCUT2D eigenvalue weighted by molar-refractivity contribution is -0.134. The Balaban J connectivity index is 0.000000557. The van der Waals surface area contributed by atoms with E-state index in [1.54, 1.807) is 31.3 Å². The van der Waals surface area contributed by atoms with Crippen molar-refractivity contribution in [3.05, 3.63) is 43.1 Å². The van der Waals surface area contributed by atoms with Crippen molar-refractivity contribution in [1.82, 2.24) is 4.90 Å². The number of ether oxygens (including phenoxy) is 1. The van der Waals surface area contributed by atoms with E-state index in [0.29, 0.717) is 5.75 Å². The van der Waals surface area contributed by atoms with Crippen LogP contribution in [0.5, 0.6) is 5.75 Å². The first-order valence-corrected chi connectivity index (χ1v) is 4.79. The van der Waals surface area contributed by atoms with Crippen LogP contribution in [0.15, 0.2) is 43.1 Å². The fourth-order valence-corrected chi connectivity index (χ4v) is 0.736. The Morgan fingerprint density at radius 1 is 1.35 bits per heavy atom. The van der Waals surface area contributed by atoms with E-state index < -0.39 is 12.1 Å². The summed E-state index contributed by atoms with van der Waals surface area (Å²) in [5.41, 5.74) is 0. The first kappa shape index (κ1) is 14.7. The summed E-state index contributed by atoms with van der Waals surface area (Å²) in [6, 6.07) is 8.89. The number of nitrogens with zero attached hydrogens (tertiary/aromatic N) is 1. The van der Waals surface area contributed by atoms with Crippen LogP contribution in [0.2, 0.25) is 0 Å². The molecule has 1 aromatic rings. The Morgan fingerprint density at radius 3 is 2.24 bits per heavy atom. The molecule has 1 N–H and O–H groups in total. The molecule has 0 atom stereocenters. The standard InChI is InChI=1S/C10H11NO2.C2H4O2/c1-3-11(2)10(12)13-9-7-5-4-6-8-9;1-2(3)4/h3-8H,1H2,2H3;1H3,(H,3,4). The van der Waals surface area contributed by atoms with Crippen LogP contribution in [0.3, 0.4) is 0 Å². The van der Waals surface area contributed by atoms with Gasteiger partial charge in [-0.1, -0.05) is 24.8 Å². The van der Waals surface area contributed by atoms with Crippen LogP contribution in [0.4, 0.5) is 4.79 Å². The fraction of sp³-hybridized carbons (Fsp3) is 0.167. The second kappa shape index (κ2) is 7.92. The van der Waals surface area contributed by atoms with E-state index in [1.165, 1.54) is 11.1 Å². The topological polar surface area (TPSA) is 66.8 Å². The molecule has 0 saturated heterocycles. The summed E-state index contributed by atoms with van der Waals surface area (Å²) in [4.78, 5) is 21.4. The number of carboxylic acids is 1. The second-order valence-corrected chi connectivity index (χ2v) is 2.99. The van der Waals surface area contributed by atoms with Gasteiger partial charge in [-0.2, -0.15) is 0 Å². The van der Waals surface area contributed by atoms with Crippen LogP contribution in [0.1, 0.15) is 6.92 Å². The van der Waals surface area contributed by atoms with Crippen LogP contribution in [-0.4, -0.2) is 29.1 Å². The molecule has 5 nitrogen and oxygen atoms in total. The zero-order valence-corrected chi connectivity index (χ0v) is 9.79. The van der Waals surface area contributed by atoms with Gasteiger partial charge in [-0.3, -0.25) is 9.69 Å². The second-order valence-electron chi connectivity index (χ2n) is 2.99. The minimum Gasteiger partial charge on any atom is -0.481 e. The third kappa shape index (κ3) is 7.61. The molecule has 0 aliphatic heterocycles. The number of hydrogen-bond acceptors (Lipinski definition) is 3. The maximum atomic E-state index is 11.2. The van der Waals surface area contributed by atoms with Gasteiger partial charge in [0.05, 0.1) is 0 Å². The zero-order valence-electron chi connectivity index (χ0n) is 9.79. The Bertz CT molecular complexity index is 371. The number of para-hydroxylation sites is 1. The van der Waals surface area contributed by atoms with Gasteiger partial charge in [-0.05, 0) is 12.1 Å². The third-order valence-corrected chi connectivity index (χ3v) is 1.51. The summed E-state index contributed by atoms with van der Waals surface area (Å²) < 4.78 is 4.98. The molecular formula is C12H15NO4. The van der Waals surface area contributed by atoms with Crippen LogP contribution in [0, 0.1) is 0 Å². The molecule has 0 bridgehead atoms. The fourth-order valence-electron chi connectivity index (χ4n) is 0.736. The maximum Gasteiger partial charge on any atom is 0.418 e. The quantitative estimate of drug-likeness (QED) is 0.857. The number of benzene rings is 1. The smallest absolute Gasteiger partial charge is 0.418 e. The lowest BCUT2D eigenvalue weighted by Crippen LogP contribution is -2.24. The Kier molecular flexibility index (Phi) is 6.85. The van der Waals surface area contributed by atoms with Gasteiger partial charge in [-0.25, -0.2) is 4.79 Å². The first-order valence-electron chi connectivity index (χ1n) is 4.79. The average molecular weight is 237 g/mol. The molecule has 0 aliphatic carbocycles. The molecule has 0 aromatic heterocycles. The molecule has 1 amide bonds. The molecule has 0 heterocycles. The van der Waals surface area contributed by atoms with Gasteiger partial charge >= 0.3 is 6.09 Å². The van der Waals surface area contributed by atoms with Crippen LogP contribution >= 0.6 is 0 Å². The van der Waals surface area contributed by atoms with E-state index in [2.05, 4.69) is 6.58 Å². The molecule has 1 aromatic carbocycles. The van der Waals surface area contributed by atoms with E-state index in [1.807, 2.05) is 6.07 Å². The minimum atomic E-state index is -0.833. The van der Waals surface area contributed by atoms with Crippen molar-refractivity contribution < 1.29 is 19.4 Å². The number of carbonyl (C=O) groups is 2. The highest BCUT2D eigenvalue weighted by molar-refractivity contribution is 5.71. The lowest BCUT2D eigenvalue weighted by atomic mass is 10.3. The highest BCUT2D eigenvalue weighted by atomic mass is 16.6. The minimum absolute atomic E-state index is 0.443. The van der Waals surface area contributed by atoms with E-state index in [0.717, 1.165) is 6.92 Å². The Morgan fingerprint density at radius 2 is 1.82 bits per heavy atom. The zero-order chi connectivity index (χ0) is 13.3. The molecule has 17 heavy (non-hydrogen) atoms. The Labute approximate surface area is 99.9 Å². The van der Waals surface area contributed by atoms with Crippen molar-refractivity contribution in [2.24, 2.45) is 0 Å². The van der Waals surface area contributed by atoms with Gasteiger partial charge in [0.1, 0.15) is 5.75 Å². The van der Waals surface area contributed by atoms with Gasteiger partial charge in [-0.15, -0.1) is 0 Å². The molecule has 1 rings (SSSR count). The number of hydrogen-bond donors (Lipinski definition) is 1. The summed E-state index contributed by atoms with van der Waals surface area (Å²) in [5.74, 6) is -0.304. The number of amides is 1. The molecule has 0 aliphatic rings. The van der Waals surface area contributed by atoms with Gasteiger partial charge in [0.2, 0.25) is 0 Å². The molecule has 5 heteroatoms. The van der Waals surface area contributed by atoms with Crippen LogP contribution < -0.4 is 4.74 Å². The van der Waals surface area contributed by atoms with E-state index in [9.17, 15) is 4.79 Å². The van der Waals surface area contributed by atoms with Crippen molar-refractivity contribution in [3.8, 4) is 5.75 Å².